The van der Waals surface area contributed by atoms with Crippen LogP contribution in [0.1, 0.15) is 22.7 Å². The summed E-state index contributed by atoms with van der Waals surface area (Å²) < 4.78 is 5.16. The van der Waals surface area contributed by atoms with Crippen LogP contribution < -0.4 is 10.5 Å². The van der Waals surface area contributed by atoms with Gasteiger partial charge in [0.15, 0.2) is 0 Å². The third kappa shape index (κ3) is 3.78. The van der Waals surface area contributed by atoms with Gasteiger partial charge in [-0.05, 0) is 43.2 Å². The molecule has 0 radical (unpaired) electrons. The third-order valence-electron chi connectivity index (χ3n) is 3.31. The maximum Gasteiger partial charge on any atom is 0.118 e. The van der Waals surface area contributed by atoms with E-state index in [1.165, 1.54) is 16.0 Å². The molecule has 0 spiro atoms. The first kappa shape index (κ1) is 14.9. The van der Waals surface area contributed by atoms with Crippen LogP contribution in [0, 0.1) is 13.8 Å². The Balaban J connectivity index is 2.00. The highest BCUT2D eigenvalue weighted by molar-refractivity contribution is 7.99. The van der Waals surface area contributed by atoms with Crippen LogP contribution in [0.5, 0.6) is 5.75 Å². The molecule has 0 aromatic heterocycles. The lowest BCUT2D eigenvalue weighted by molar-refractivity contribution is 0.414. The topological polar surface area (TPSA) is 35.2 Å². The summed E-state index contributed by atoms with van der Waals surface area (Å²) in [7, 11) is 1.67. The van der Waals surface area contributed by atoms with E-state index in [1.807, 2.05) is 36.0 Å². The van der Waals surface area contributed by atoms with Crippen LogP contribution in [0.15, 0.2) is 47.4 Å². The molecule has 2 aromatic rings. The van der Waals surface area contributed by atoms with Gasteiger partial charge in [0.1, 0.15) is 5.75 Å². The Labute approximate surface area is 125 Å². The molecule has 0 saturated carbocycles. The minimum absolute atomic E-state index is 0.0332. The molecule has 0 aliphatic rings. The van der Waals surface area contributed by atoms with Crippen molar-refractivity contribution in [3.05, 3.63) is 59.2 Å². The number of methoxy groups -OCH3 is 1. The highest BCUT2D eigenvalue weighted by Gasteiger charge is 2.08. The number of rotatable bonds is 5. The Morgan fingerprint density at radius 1 is 1.10 bits per heavy atom. The third-order valence-corrected chi connectivity index (χ3v) is 4.58. The molecule has 0 aliphatic heterocycles. The second-order valence-corrected chi connectivity index (χ2v) is 6.02. The van der Waals surface area contributed by atoms with Gasteiger partial charge in [-0.15, -0.1) is 11.8 Å². The molecule has 0 saturated heterocycles. The van der Waals surface area contributed by atoms with Crippen LogP contribution in [-0.2, 0) is 0 Å². The smallest absolute Gasteiger partial charge is 0.118 e. The van der Waals surface area contributed by atoms with Gasteiger partial charge in [-0.1, -0.05) is 29.8 Å². The fourth-order valence-corrected chi connectivity index (χ4v) is 3.11. The summed E-state index contributed by atoms with van der Waals surface area (Å²) in [5.41, 5.74) is 10.00. The molecule has 0 fully saturated rings. The van der Waals surface area contributed by atoms with E-state index < -0.39 is 0 Å². The van der Waals surface area contributed by atoms with Crippen molar-refractivity contribution in [1.29, 1.82) is 0 Å². The Hall–Kier alpha value is -1.45. The quantitative estimate of drug-likeness (QED) is 0.841. The van der Waals surface area contributed by atoms with Crippen molar-refractivity contribution in [3.63, 3.8) is 0 Å². The van der Waals surface area contributed by atoms with E-state index in [9.17, 15) is 0 Å². The molecule has 106 valence electrons. The van der Waals surface area contributed by atoms with Gasteiger partial charge in [0.05, 0.1) is 7.11 Å². The van der Waals surface area contributed by atoms with E-state index in [-0.39, 0.29) is 6.04 Å². The predicted molar refractivity (Wildman–Crippen MR) is 86.6 cm³/mol. The van der Waals surface area contributed by atoms with Crippen molar-refractivity contribution in [3.8, 4) is 5.75 Å². The minimum atomic E-state index is 0.0332. The number of benzene rings is 2. The van der Waals surface area contributed by atoms with Crippen LogP contribution in [0.4, 0.5) is 0 Å². The Kier molecular flexibility index (Phi) is 5.10. The average molecular weight is 287 g/mol. The summed E-state index contributed by atoms with van der Waals surface area (Å²) >= 11 is 1.82. The first-order valence-corrected chi connectivity index (χ1v) is 7.68. The van der Waals surface area contributed by atoms with Gasteiger partial charge in [-0.3, -0.25) is 0 Å². The molecule has 2 aromatic carbocycles. The van der Waals surface area contributed by atoms with Gasteiger partial charge in [-0.2, -0.15) is 0 Å². The zero-order valence-electron chi connectivity index (χ0n) is 12.2. The van der Waals surface area contributed by atoms with Crippen molar-refractivity contribution < 1.29 is 4.74 Å². The summed E-state index contributed by atoms with van der Waals surface area (Å²) in [4.78, 5) is 1.31. The van der Waals surface area contributed by atoms with Crippen LogP contribution in [-0.4, -0.2) is 12.9 Å². The maximum absolute atomic E-state index is 6.26. The second kappa shape index (κ2) is 6.82. The van der Waals surface area contributed by atoms with Crippen LogP contribution in [0.2, 0.25) is 0 Å². The van der Waals surface area contributed by atoms with Gasteiger partial charge in [0.25, 0.3) is 0 Å². The van der Waals surface area contributed by atoms with E-state index in [4.69, 9.17) is 10.5 Å². The number of thioether (sulfide) groups is 1. The lowest BCUT2D eigenvalue weighted by Gasteiger charge is -2.13. The van der Waals surface area contributed by atoms with Gasteiger partial charge in [0.2, 0.25) is 0 Å². The van der Waals surface area contributed by atoms with Gasteiger partial charge < -0.3 is 10.5 Å². The maximum atomic E-state index is 6.26. The molecule has 0 bridgehead atoms. The fraction of sp³-hybridized carbons (Fsp3) is 0.294. The van der Waals surface area contributed by atoms with Gasteiger partial charge in [-0.25, -0.2) is 0 Å². The average Bonchev–Trinajstić information content (AvgIpc) is 2.48. The number of nitrogens with two attached hydrogens (primary N) is 1. The number of ether oxygens (including phenoxy) is 1. The molecule has 2 N–H and O–H groups in total. The molecule has 0 heterocycles. The molecule has 20 heavy (non-hydrogen) atoms. The minimum Gasteiger partial charge on any atom is -0.497 e. The Bertz CT molecular complexity index is 566. The van der Waals surface area contributed by atoms with Crippen molar-refractivity contribution in [2.24, 2.45) is 5.73 Å². The van der Waals surface area contributed by atoms with E-state index in [2.05, 4.69) is 32.0 Å². The summed E-state index contributed by atoms with van der Waals surface area (Å²) in [6.07, 6.45) is 0. The number of hydrogen-bond acceptors (Lipinski definition) is 3. The monoisotopic (exact) mass is 287 g/mol. The van der Waals surface area contributed by atoms with Crippen molar-refractivity contribution in [2.45, 2.75) is 24.8 Å². The summed E-state index contributed by atoms with van der Waals surface area (Å²) in [6.45, 7) is 4.26. The normalized spacial score (nSPS) is 12.2. The zero-order chi connectivity index (χ0) is 14.5. The lowest BCUT2D eigenvalue weighted by Crippen LogP contribution is -2.12. The van der Waals surface area contributed by atoms with E-state index in [0.717, 1.165) is 17.1 Å². The molecular weight excluding hydrogens is 266 g/mol. The van der Waals surface area contributed by atoms with Gasteiger partial charge in [0, 0.05) is 16.7 Å². The highest BCUT2D eigenvalue weighted by atomic mass is 32.2. The SMILES string of the molecule is COc1ccc(C(N)CSc2cc(C)ccc2C)cc1. The molecule has 2 nitrogen and oxygen atoms in total. The standard InChI is InChI=1S/C17H21NOS/c1-12-4-5-13(2)17(10-12)20-11-16(18)14-6-8-15(19-3)9-7-14/h4-10,16H,11,18H2,1-3H3. The summed E-state index contributed by atoms with van der Waals surface area (Å²) in [6, 6.07) is 14.5. The van der Waals surface area contributed by atoms with E-state index >= 15 is 0 Å². The van der Waals surface area contributed by atoms with Crippen LogP contribution in [0.3, 0.4) is 0 Å². The second-order valence-electron chi connectivity index (χ2n) is 4.96. The molecule has 3 heteroatoms. The first-order valence-electron chi connectivity index (χ1n) is 6.69. The predicted octanol–water partition coefficient (Wildman–Crippen LogP) is 4.10. The molecule has 0 aliphatic carbocycles. The summed E-state index contributed by atoms with van der Waals surface area (Å²) in [5.74, 6) is 1.74. The van der Waals surface area contributed by atoms with Crippen molar-refractivity contribution in [1.82, 2.24) is 0 Å². The Morgan fingerprint density at radius 3 is 2.45 bits per heavy atom. The molecule has 1 unspecified atom stereocenters. The van der Waals surface area contributed by atoms with Crippen molar-refractivity contribution >= 4 is 11.8 Å². The largest absolute Gasteiger partial charge is 0.497 e. The number of aryl methyl sites for hydroxylation is 2. The molecule has 1 atom stereocenters. The molecule has 2 rings (SSSR count). The Morgan fingerprint density at radius 2 is 1.80 bits per heavy atom. The lowest BCUT2D eigenvalue weighted by atomic mass is 10.1. The fourth-order valence-electron chi connectivity index (χ4n) is 1.99. The van der Waals surface area contributed by atoms with Crippen LogP contribution >= 0.6 is 11.8 Å². The zero-order valence-corrected chi connectivity index (χ0v) is 13.0. The van der Waals surface area contributed by atoms with Crippen molar-refractivity contribution in [2.75, 3.05) is 12.9 Å². The van der Waals surface area contributed by atoms with Gasteiger partial charge >= 0.3 is 0 Å². The van der Waals surface area contributed by atoms with E-state index in [0.29, 0.717) is 0 Å². The van der Waals surface area contributed by atoms with Crippen LogP contribution in [0.25, 0.3) is 0 Å². The van der Waals surface area contributed by atoms with E-state index in [1.54, 1.807) is 7.11 Å². The number of hydrogen-bond donors (Lipinski definition) is 1. The molecule has 0 amide bonds. The molecular formula is C17H21NOS. The summed E-state index contributed by atoms with van der Waals surface area (Å²) in [5, 5.41) is 0. The highest BCUT2D eigenvalue weighted by Crippen LogP contribution is 2.27. The first-order chi connectivity index (χ1) is 9.60.